The largest absolute Gasteiger partial charge is 0.253 e. The monoisotopic (exact) mass is 463 g/mol. The molecule has 5 rings (SSSR count). The maximum atomic E-state index is 4.94. The number of aliphatic imine (C=N–C) groups is 1. The van der Waals surface area contributed by atoms with Crippen molar-refractivity contribution in [2.45, 2.75) is 13.8 Å². The Kier molecular flexibility index (Phi) is 6.73. The molecule has 0 aliphatic carbocycles. The fourth-order valence-corrected chi connectivity index (χ4v) is 4.58. The van der Waals surface area contributed by atoms with Crippen molar-refractivity contribution in [3.05, 3.63) is 151 Å². The van der Waals surface area contributed by atoms with Gasteiger partial charge in [-0.25, -0.2) is 0 Å². The van der Waals surface area contributed by atoms with E-state index in [1.807, 2.05) is 13.0 Å². The SMILES string of the molecule is C=C(/N=C(\C)c1ccc(-c2ccccc2)cc1)c1cc(-c2ccccc2)c(C)c(-c2ccccc2)c1. The molecule has 0 heterocycles. The molecule has 0 radical (unpaired) electrons. The number of nitrogens with zero attached hydrogens (tertiary/aromatic N) is 1. The van der Waals surface area contributed by atoms with Gasteiger partial charge in [0.1, 0.15) is 0 Å². The molecule has 0 aliphatic rings. The van der Waals surface area contributed by atoms with Crippen LogP contribution in [0.5, 0.6) is 0 Å². The molecular formula is C35H29N. The van der Waals surface area contributed by atoms with Gasteiger partial charge in [-0.1, -0.05) is 122 Å². The van der Waals surface area contributed by atoms with Crippen LogP contribution in [0.15, 0.2) is 139 Å². The fraction of sp³-hybridized carbons (Fsp3) is 0.0571. The van der Waals surface area contributed by atoms with Crippen molar-refractivity contribution in [3.8, 4) is 33.4 Å². The second kappa shape index (κ2) is 10.4. The zero-order valence-corrected chi connectivity index (χ0v) is 20.8. The second-order valence-electron chi connectivity index (χ2n) is 9.02. The molecule has 0 aliphatic heterocycles. The lowest BCUT2D eigenvalue weighted by molar-refractivity contribution is 1.41. The normalized spacial score (nSPS) is 11.3. The number of rotatable bonds is 6. The summed E-state index contributed by atoms with van der Waals surface area (Å²) in [6.07, 6.45) is 0. The molecule has 0 aromatic heterocycles. The zero-order valence-electron chi connectivity index (χ0n) is 20.8. The van der Waals surface area contributed by atoms with Gasteiger partial charge >= 0.3 is 0 Å². The predicted molar refractivity (Wildman–Crippen MR) is 155 cm³/mol. The molecule has 0 unspecified atom stereocenters. The zero-order chi connectivity index (χ0) is 24.9. The highest BCUT2D eigenvalue weighted by Gasteiger charge is 2.13. The maximum absolute atomic E-state index is 4.94. The van der Waals surface area contributed by atoms with E-state index in [1.54, 1.807) is 0 Å². The Morgan fingerprint density at radius 1 is 0.528 bits per heavy atom. The summed E-state index contributed by atoms with van der Waals surface area (Å²) < 4.78 is 0. The first-order chi connectivity index (χ1) is 17.6. The van der Waals surface area contributed by atoms with Crippen molar-refractivity contribution < 1.29 is 0 Å². The van der Waals surface area contributed by atoms with Crippen LogP contribution in [0.2, 0.25) is 0 Å². The minimum atomic E-state index is 0.758. The molecule has 1 nitrogen and oxygen atoms in total. The van der Waals surface area contributed by atoms with Crippen LogP contribution in [0, 0.1) is 6.92 Å². The summed E-state index contributed by atoms with van der Waals surface area (Å²) in [5, 5.41) is 0. The van der Waals surface area contributed by atoms with Crippen molar-refractivity contribution in [3.63, 3.8) is 0 Å². The van der Waals surface area contributed by atoms with E-state index in [2.05, 4.69) is 135 Å². The van der Waals surface area contributed by atoms with E-state index in [0.29, 0.717) is 0 Å². The van der Waals surface area contributed by atoms with Crippen LogP contribution < -0.4 is 0 Å². The van der Waals surface area contributed by atoms with Gasteiger partial charge in [-0.05, 0) is 70.5 Å². The maximum Gasteiger partial charge on any atom is 0.0634 e. The molecule has 174 valence electrons. The Balaban J connectivity index is 1.52. The van der Waals surface area contributed by atoms with Crippen molar-refractivity contribution in [1.82, 2.24) is 0 Å². The van der Waals surface area contributed by atoms with Gasteiger partial charge in [-0.15, -0.1) is 0 Å². The van der Waals surface area contributed by atoms with Gasteiger partial charge < -0.3 is 0 Å². The summed E-state index contributed by atoms with van der Waals surface area (Å²) in [6, 6.07) is 44.5. The van der Waals surface area contributed by atoms with Crippen molar-refractivity contribution in [2.75, 3.05) is 0 Å². The van der Waals surface area contributed by atoms with E-state index in [0.717, 1.165) is 22.5 Å². The van der Waals surface area contributed by atoms with Crippen LogP contribution in [0.25, 0.3) is 39.1 Å². The molecule has 1 heteroatoms. The first-order valence-electron chi connectivity index (χ1n) is 12.3. The van der Waals surface area contributed by atoms with E-state index < -0.39 is 0 Å². The van der Waals surface area contributed by atoms with Crippen molar-refractivity contribution in [1.29, 1.82) is 0 Å². The fourth-order valence-electron chi connectivity index (χ4n) is 4.58. The van der Waals surface area contributed by atoms with E-state index in [4.69, 9.17) is 4.99 Å². The van der Waals surface area contributed by atoms with Crippen LogP contribution in [-0.2, 0) is 0 Å². The molecule has 0 amide bonds. The molecule has 0 atom stereocenters. The summed E-state index contributed by atoms with van der Waals surface area (Å²) in [5.74, 6) is 0. The lowest BCUT2D eigenvalue weighted by Gasteiger charge is -2.16. The van der Waals surface area contributed by atoms with Gasteiger partial charge in [-0.2, -0.15) is 0 Å². The van der Waals surface area contributed by atoms with E-state index in [-0.39, 0.29) is 0 Å². The van der Waals surface area contributed by atoms with Crippen LogP contribution in [0.1, 0.15) is 23.6 Å². The van der Waals surface area contributed by atoms with Gasteiger partial charge in [0.05, 0.1) is 5.70 Å². The van der Waals surface area contributed by atoms with Crippen LogP contribution in [0.4, 0.5) is 0 Å². The Morgan fingerprint density at radius 3 is 1.42 bits per heavy atom. The van der Waals surface area contributed by atoms with Gasteiger partial charge in [-0.3, -0.25) is 4.99 Å². The quantitative estimate of drug-likeness (QED) is 0.222. The first kappa shape index (κ1) is 23.3. The van der Waals surface area contributed by atoms with Crippen molar-refractivity contribution >= 4 is 11.4 Å². The molecule has 0 fully saturated rings. The average Bonchev–Trinajstić information content (AvgIpc) is 2.94. The van der Waals surface area contributed by atoms with Crippen molar-refractivity contribution in [2.24, 2.45) is 4.99 Å². The van der Waals surface area contributed by atoms with Gasteiger partial charge in [0.2, 0.25) is 0 Å². The number of hydrogen-bond donors (Lipinski definition) is 0. The highest BCUT2D eigenvalue weighted by atomic mass is 14.8. The molecule has 0 spiro atoms. The third kappa shape index (κ3) is 4.96. The highest BCUT2D eigenvalue weighted by Crippen LogP contribution is 2.35. The Bertz CT molecular complexity index is 1450. The topological polar surface area (TPSA) is 12.4 Å². The number of benzene rings is 5. The molecule has 0 saturated carbocycles. The van der Waals surface area contributed by atoms with Gasteiger partial charge in [0, 0.05) is 11.3 Å². The predicted octanol–water partition coefficient (Wildman–Crippen LogP) is 9.48. The van der Waals surface area contributed by atoms with E-state index >= 15 is 0 Å². The summed E-state index contributed by atoms with van der Waals surface area (Å²) >= 11 is 0. The van der Waals surface area contributed by atoms with Crippen LogP contribution in [-0.4, -0.2) is 5.71 Å². The molecule has 0 bridgehead atoms. The summed E-state index contributed by atoms with van der Waals surface area (Å²) in [5.41, 5.74) is 12.3. The van der Waals surface area contributed by atoms with Gasteiger partial charge in [0.15, 0.2) is 0 Å². The first-order valence-corrected chi connectivity index (χ1v) is 12.3. The highest BCUT2D eigenvalue weighted by molar-refractivity contribution is 6.02. The Hall–Kier alpha value is -4.49. The molecule has 0 N–H and O–H groups in total. The molecule has 36 heavy (non-hydrogen) atoms. The van der Waals surface area contributed by atoms with E-state index in [1.165, 1.54) is 38.9 Å². The standard InChI is InChI=1S/C35H29N/c1-25-34(31-15-9-5-10-16-31)23-33(24-35(25)32-17-11-6-12-18-32)27(3)36-26(2)28-19-21-30(22-20-28)29-13-7-4-8-14-29/h4-24H,3H2,1-2H3/b36-26+. The molecular weight excluding hydrogens is 434 g/mol. The molecule has 5 aromatic rings. The van der Waals surface area contributed by atoms with Crippen LogP contribution >= 0.6 is 0 Å². The number of hydrogen-bond acceptors (Lipinski definition) is 1. The summed E-state index contributed by atoms with van der Waals surface area (Å²) in [7, 11) is 0. The summed E-state index contributed by atoms with van der Waals surface area (Å²) in [6.45, 7) is 8.61. The van der Waals surface area contributed by atoms with E-state index in [9.17, 15) is 0 Å². The lowest BCUT2D eigenvalue weighted by atomic mass is 9.90. The minimum Gasteiger partial charge on any atom is -0.253 e. The Labute approximate surface area is 214 Å². The molecule has 5 aromatic carbocycles. The third-order valence-electron chi connectivity index (χ3n) is 6.62. The smallest absolute Gasteiger partial charge is 0.0634 e. The minimum absolute atomic E-state index is 0.758. The molecule has 0 saturated heterocycles. The second-order valence-corrected chi connectivity index (χ2v) is 9.02. The lowest BCUT2D eigenvalue weighted by Crippen LogP contribution is -1.97. The average molecular weight is 464 g/mol. The van der Waals surface area contributed by atoms with Crippen LogP contribution in [0.3, 0.4) is 0 Å². The summed E-state index contributed by atoms with van der Waals surface area (Å²) in [4.78, 5) is 4.94. The van der Waals surface area contributed by atoms with Gasteiger partial charge in [0.25, 0.3) is 0 Å². The third-order valence-corrected chi connectivity index (χ3v) is 6.62. The Morgan fingerprint density at radius 2 is 0.944 bits per heavy atom.